The van der Waals surface area contributed by atoms with Gasteiger partial charge in [0.2, 0.25) is 0 Å². The van der Waals surface area contributed by atoms with Gasteiger partial charge in [-0.2, -0.15) is 0 Å². The molecule has 0 amide bonds. The van der Waals surface area contributed by atoms with E-state index in [-0.39, 0.29) is 24.8 Å². The SMILES string of the molecule is CCc1ccc(C)c2c1C(C)=C(C)[CH]2[Zr+2].[Cl-].[Cl-]. The zero-order valence-corrected chi connectivity index (χ0v) is 14.7. The van der Waals surface area contributed by atoms with Crippen molar-refractivity contribution in [2.24, 2.45) is 0 Å². The second kappa shape index (κ2) is 6.55. The Labute approximate surface area is 132 Å². The molecule has 0 nitrogen and oxygen atoms in total. The van der Waals surface area contributed by atoms with E-state index >= 15 is 0 Å². The molecule has 2 rings (SSSR count). The summed E-state index contributed by atoms with van der Waals surface area (Å²) in [4.78, 5) is 0. The fourth-order valence-corrected chi connectivity index (χ4v) is 3.96. The van der Waals surface area contributed by atoms with Crippen LogP contribution in [0.2, 0.25) is 0 Å². The molecular weight excluding hydrogens is 330 g/mol. The first-order valence-electron chi connectivity index (χ1n) is 5.59. The van der Waals surface area contributed by atoms with Gasteiger partial charge in [-0.05, 0) is 0 Å². The van der Waals surface area contributed by atoms with Crippen LogP contribution in [0.4, 0.5) is 0 Å². The average Bonchev–Trinajstić information content (AvgIpc) is 2.46. The Kier molecular flexibility index (Phi) is 6.71. The summed E-state index contributed by atoms with van der Waals surface area (Å²) < 4.78 is 0.707. The Hall–Kier alpha value is 0.423. The Morgan fingerprint density at radius 3 is 2.24 bits per heavy atom. The van der Waals surface area contributed by atoms with Crippen molar-refractivity contribution in [3.8, 4) is 0 Å². The van der Waals surface area contributed by atoms with Gasteiger partial charge in [-0.3, -0.25) is 0 Å². The van der Waals surface area contributed by atoms with E-state index in [0.717, 1.165) is 6.42 Å². The third-order valence-electron chi connectivity index (χ3n) is 3.62. The molecule has 1 aromatic rings. The molecule has 0 fully saturated rings. The van der Waals surface area contributed by atoms with Gasteiger partial charge in [0, 0.05) is 0 Å². The number of benzene rings is 1. The van der Waals surface area contributed by atoms with Crippen LogP contribution in [0.1, 0.15) is 46.7 Å². The normalized spacial score (nSPS) is 17.4. The monoisotopic (exact) mass is 345 g/mol. The first kappa shape index (κ1) is 17.4. The predicted molar refractivity (Wildman–Crippen MR) is 61.6 cm³/mol. The van der Waals surface area contributed by atoms with Gasteiger partial charge in [0.15, 0.2) is 0 Å². The number of hydrogen-bond acceptors (Lipinski definition) is 0. The zero-order valence-electron chi connectivity index (χ0n) is 10.7. The fraction of sp³-hybridized carbons (Fsp3) is 0.429. The Morgan fingerprint density at radius 1 is 1.12 bits per heavy atom. The van der Waals surface area contributed by atoms with Crippen molar-refractivity contribution in [2.75, 3.05) is 0 Å². The van der Waals surface area contributed by atoms with Gasteiger partial charge >= 0.3 is 108 Å². The molecule has 0 spiro atoms. The summed E-state index contributed by atoms with van der Waals surface area (Å²) in [5.74, 6) is 0. The molecule has 0 N–H and O–H groups in total. The second-order valence-electron chi connectivity index (χ2n) is 4.42. The van der Waals surface area contributed by atoms with Crippen LogP contribution in [0.5, 0.6) is 0 Å². The topological polar surface area (TPSA) is 0 Å². The van der Waals surface area contributed by atoms with Crippen LogP contribution < -0.4 is 24.8 Å². The third kappa shape index (κ3) is 2.72. The van der Waals surface area contributed by atoms with Crippen molar-refractivity contribution in [3.05, 3.63) is 40.0 Å². The maximum atomic E-state index is 2.30. The smallest absolute Gasteiger partial charge is 1.00 e. The van der Waals surface area contributed by atoms with Crippen molar-refractivity contribution in [3.63, 3.8) is 0 Å². The molecule has 1 aliphatic rings. The molecule has 1 aromatic carbocycles. The second-order valence-corrected chi connectivity index (χ2v) is 5.84. The van der Waals surface area contributed by atoms with Crippen LogP contribution in [-0.4, -0.2) is 0 Å². The standard InChI is InChI=1S/C14H17.2ClH.Zr/c1-5-12-7-6-9(2)13-8-10(3)11(4)14(12)13;;;/h6-8H,5H2,1-4H3;2*1H;/q;;;+2/p-2. The quantitative estimate of drug-likeness (QED) is 0.549. The van der Waals surface area contributed by atoms with Crippen LogP contribution in [0.25, 0.3) is 5.57 Å². The van der Waals surface area contributed by atoms with Crippen LogP contribution >= 0.6 is 0 Å². The molecule has 17 heavy (non-hydrogen) atoms. The van der Waals surface area contributed by atoms with Crippen LogP contribution in [0.3, 0.4) is 0 Å². The summed E-state index contributed by atoms with van der Waals surface area (Å²) in [6.45, 7) is 9.09. The predicted octanol–water partition coefficient (Wildman–Crippen LogP) is -2.04. The summed E-state index contributed by atoms with van der Waals surface area (Å²) in [6, 6.07) is 4.60. The number of hydrogen-bond donors (Lipinski definition) is 0. The van der Waals surface area contributed by atoms with E-state index < -0.39 is 0 Å². The number of halogens is 2. The first-order valence-corrected chi connectivity index (χ1v) is 7.01. The first-order chi connectivity index (χ1) is 7.07. The number of allylic oxidation sites excluding steroid dienone is 2. The average molecular weight is 347 g/mol. The molecular formula is C14H17Cl2Zr. The van der Waals surface area contributed by atoms with Gasteiger partial charge in [0.1, 0.15) is 0 Å². The summed E-state index contributed by atoms with van der Waals surface area (Å²) in [6.07, 6.45) is 1.15. The Bertz CT molecular complexity index is 450. The van der Waals surface area contributed by atoms with E-state index in [2.05, 4.69) is 39.8 Å². The van der Waals surface area contributed by atoms with Crippen molar-refractivity contribution >= 4 is 5.57 Å². The number of rotatable bonds is 1. The van der Waals surface area contributed by atoms with E-state index in [1.54, 1.807) is 41.4 Å². The van der Waals surface area contributed by atoms with Crippen LogP contribution in [-0.2, 0) is 31.1 Å². The fourth-order valence-electron chi connectivity index (χ4n) is 2.51. The zero-order chi connectivity index (χ0) is 11.2. The van der Waals surface area contributed by atoms with Gasteiger partial charge in [-0.15, -0.1) is 0 Å². The Morgan fingerprint density at radius 2 is 1.71 bits per heavy atom. The summed E-state index contributed by atoms with van der Waals surface area (Å²) in [5.41, 5.74) is 9.30. The number of fused-ring (bicyclic) bond motifs is 1. The molecule has 1 aliphatic carbocycles. The molecule has 0 saturated carbocycles. The molecule has 0 radical (unpaired) electrons. The molecule has 0 saturated heterocycles. The molecule has 0 bridgehead atoms. The summed E-state index contributed by atoms with van der Waals surface area (Å²) in [7, 11) is 0. The van der Waals surface area contributed by atoms with Gasteiger partial charge in [-0.1, -0.05) is 0 Å². The molecule has 1 unspecified atom stereocenters. The minimum absolute atomic E-state index is 0. The summed E-state index contributed by atoms with van der Waals surface area (Å²) >= 11 is 1.63. The van der Waals surface area contributed by atoms with Gasteiger partial charge in [-0.25, -0.2) is 0 Å². The summed E-state index contributed by atoms with van der Waals surface area (Å²) in [5, 5.41) is 0. The molecule has 0 aromatic heterocycles. The van der Waals surface area contributed by atoms with Crippen LogP contribution in [0, 0.1) is 6.92 Å². The van der Waals surface area contributed by atoms with E-state index in [0.29, 0.717) is 3.63 Å². The third-order valence-corrected chi connectivity index (χ3v) is 5.39. The number of aryl methyl sites for hydroxylation is 2. The van der Waals surface area contributed by atoms with E-state index in [1.807, 2.05) is 0 Å². The molecule has 0 heterocycles. The van der Waals surface area contributed by atoms with Crippen molar-refractivity contribution in [1.29, 1.82) is 0 Å². The molecule has 1 atom stereocenters. The molecule has 3 heteroatoms. The van der Waals surface area contributed by atoms with Crippen LogP contribution in [0.15, 0.2) is 17.7 Å². The van der Waals surface area contributed by atoms with E-state index in [9.17, 15) is 0 Å². The maximum absolute atomic E-state index is 2.30. The van der Waals surface area contributed by atoms with E-state index in [4.69, 9.17) is 0 Å². The van der Waals surface area contributed by atoms with Crippen molar-refractivity contribution in [1.82, 2.24) is 0 Å². The van der Waals surface area contributed by atoms with Gasteiger partial charge in [0.05, 0.1) is 0 Å². The van der Waals surface area contributed by atoms with Gasteiger partial charge < -0.3 is 24.8 Å². The van der Waals surface area contributed by atoms with Crippen molar-refractivity contribution < 1.29 is 49.5 Å². The van der Waals surface area contributed by atoms with Crippen molar-refractivity contribution in [2.45, 2.75) is 37.7 Å². The molecule has 0 aliphatic heterocycles. The maximum Gasteiger partial charge on any atom is -1.00 e. The van der Waals surface area contributed by atoms with Gasteiger partial charge in [0.25, 0.3) is 0 Å². The molecule has 91 valence electrons. The minimum Gasteiger partial charge on any atom is -1.00 e. The minimum atomic E-state index is 0. The largest absolute Gasteiger partial charge is 1.00 e. The van der Waals surface area contributed by atoms with E-state index in [1.165, 1.54) is 16.7 Å². The Balaban J connectivity index is 0.00000128.